The molecule has 0 aliphatic heterocycles. The van der Waals surface area contributed by atoms with Crippen LogP contribution in [0.25, 0.3) is 0 Å². The summed E-state index contributed by atoms with van der Waals surface area (Å²) in [6, 6.07) is 0.312. The fourth-order valence-electron chi connectivity index (χ4n) is 1.56. The van der Waals surface area contributed by atoms with Gasteiger partial charge in [-0.1, -0.05) is 6.92 Å². The second-order valence-corrected chi connectivity index (χ2v) is 3.82. The summed E-state index contributed by atoms with van der Waals surface area (Å²) in [5, 5.41) is 0. The normalized spacial score (nSPS) is 13.1. The molecule has 0 rings (SSSR count). The van der Waals surface area contributed by atoms with E-state index in [1.54, 1.807) is 6.92 Å². The van der Waals surface area contributed by atoms with E-state index in [1.165, 1.54) is 0 Å². The van der Waals surface area contributed by atoms with Gasteiger partial charge in [0.15, 0.2) is 0 Å². The van der Waals surface area contributed by atoms with Crippen LogP contribution in [0, 0.1) is 0 Å². The summed E-state index contributed by atoms with van der Waals surface area (Å²) in [5.74, 6) is 0.177. The molecule has 0 N–H and O–H groups in total. The van der Waals surface area contributed by atoms with Gasteiger partial charge < -0.3 is 9.80 Å². The molecular weight excluding hydrogens is 164 g/mol. The lowest BCUT2D eigenvalue weighted by molar-refractivity contribution is -0.131. The zero-order valence-electron chi connectivity index (χ0n) is 9.50. The quantitative estimate of drug-likeness (QED) is 0.644. The monoisotopic (exact) mass is 186 g/mol. The molecule has 0 saturated heterocycles. The summed E-state index contributed by atoms with van der Waals surface area (Å²) < 4.78 is 0. The maximum Gasteiger partial charge on any atom is 0.219 e. The predicted molar refractivity (Wildman–Crippen MR) is 55.7 cm³/mol. The van der Waals surface area contributed by atoms with E-state index in [4.69, 9.17) is 0 Å². The highest BCUT2D eigenvalue weighted by molar-refractivity contribution is 5.73. The average molecular weight is 186 g/mol. The second-order valence-electron chi connectivity index (χ2n) is 3.82. The van der Waals surface area contributed by atoms with Gasteiger partial charge >= 0.3 is 0 Å². The van der Waals surface area contributed by atoms with Crippen LogP contribution in [0.4, 0.5) is 0 Å². The summed E-state index contributed by atoms with van der Waals surface area (Å²) >= 11 is 0. The summed E-state index contributed by atoms with van der Waals surface area (Å²) in [5.41, 5.74) is 0. The number of hydrogen-bond donors (Lipinski definition) is 0. The molecule has 0 bridgehead atoms. The SMILES string of the molecule is CCCN(C(C)=O)C(C)CN(C)C. The van der Waals surface area contributed by atoms with Crippen molar-refractivity contribution in [2.75, 3.05) is 27.2 Å². The van der Waals surface area contributed by atoms with Crippen molar-refractivity contribution in [2.24, 2.45) is 0 Å². The van der Waals surface area contributed by atoms with Crippen molar-refractivity contribution in [3.63, 3.8) is 0 Å². The van der Waals surface area contributed by atoms with Crippen molar-refractivity contribution in [1.82, 2.24) is 9.80 Å². The molecule has 0 aromatic rings. The van der Waals surface area contributed by atoms with Crippen LogP contribution in [-0.2, 0) is 4.79 Å². The molecule has 0 aromatic carbocycles. The molecule has 13 heavy (non-hydrogen) atoms. The van der Waals surface area contributed by atoms with Gasteiger partial charge in [0.25, 0.3) is 0 Å². The van der Waals surface area contributed by atoms with Gasteiger partial charge in [0.2, 0.25) is 5.91 Å². The average Bonchev–Trinajstić information content (AvgIpc) is 1.97. The number of carbonyl (C=O) groups excluding carboxylic acids is 1. The van der Waals surface area contributed by atoms with E-state index in [1.807, 2.05) is 19.0 Å². The van der Waals surface area contributed by atoms with Crippen LogP contribution in [0.2, 0.25) is 0 Å². The van der Waals surface area contributed by atoms with E-state index in [0.29, 0.717) is 6.04 Å². The maximum atomic E-state index is 11.3. The molecule has 1 atom stereocenters. The molecular formula is C10H22N2O. The van der Waals surface area contributed by atoms with Gasteiger partial charge in [-0.3, -0.25) is 4.79 Å². The third-order valence-electron chi connectivity index (χ3n) is 2.03. The van der Waals surface area contributed by atoms with Gasteiger partial charge in [-0.2, -0.15) is 0 Å². The van der Waals surface area contributed by atoms with Crippen LogP contribution in [0.15, 0.2) is 0 Å². The molecule has 3 nitrogen and oxygen atoms in total. The van der Waals surface area contributed by atoms with Gasteiger partial charge in [-0.05, 0) is 27.4 Å². The number of likely N-dealkylation sites (N-methyl/N-ethyl adjacent to an activating group) is 1. The maximum absolute atomic E-state index is 11.3. The van der Waals surface area contributed by atoms with Crippen LogP contribution >= 0.6 is 0 Å². The smallest absolute Gasteiger partial charge is 0.219 e. The second kappa shape index (κ2) is 5.97. The molecule has 0 saturated carbocycles. The predicted octanol–water partition coefficient (Wildman–Crippen LogP) is 1.19. The lowest BCUT2D eigenvalue weighted by Gasteiger charge is -2.29. The first kappa shape index (κ1) is 12.4. The van der Waals surface area contributed by atoms with Crippen LogP contribution in [0.5, 0.6) is 0 Å². The number of rotatable bonds is 5. The van der Waals surface area contributed by atoms with Crippen LogP contribution < -0.4 is 0 Å². The summed E-state index contributed by atoms with van der Waals surface area (Å²) in [7, 11) is 4.06. The first-order valence-electron chi connectivity index (χ1n) is 4.91. The van der Waals surface area contributed by atoms with Crippen LogP contribution in [0.1, 0.15) is 27.2 Å². The van der Waals surface area contributed by atoms with Gasteiger partial charge in [0.1, 0.15) is 0 Å². The Labute approximate surface area is 81.7 Å². The number of carbonyl (C=O) groups is 1. The molecule has 0 aliphatic carbocycles. The standard InChI is InChI=1S/C10H22N2O/c1-6-7-12(10(3)13)9(2)8-11(4)5/h9H,6-8H2,1-5H3. The van der Waals surface area contributed by atoms with E-state index in [-0.39, 0.29) is 5.91 Å². The van der Waals surface area contributed by atoms with Crippen LogP contribution in [0.3, 0.4) is 0 Å². The highest BCUT2D eigenvalue weighted by atomic mass is 16.2. The molecule has 0 aromatic heterocycles. The molecule has 78 valence electrons. The molecule has 3 heteroatoms. The first-order chi connectivity index (χ1) is 5.99. The number of hydrogen-bond acceptors (Lipinski definition) is 2. The molecule has 0 fully saturated rings. The lowest BCUT2D eigenvalue weighted by atomic mass is 10.2. The van der Waals surface area contributed by atoms with Crippen molar-refractivity contribution >= 4 is 5.91 Å². The molecule has 0 radical (unpaired) electrons. The number of amides is 1. The van der Waals surface area contributed by atoms with E-state index >= 15 is 0 Å². The summed E-state index contributed by atoms with van der Waals surface area (Å²) in [4.78, 5) is 15.3. The van der Waals surface area contributed by atoms with Crippen molar-refractivity contribution in [1.29, 1.82) is 0 Å². The third-order valence-corrected chi connectivity index (χ3v) is 2.03. The molecule has 1 unspecified atom stereocenters. The van der Waals surface area contributed by atoms with Crippen molar-refractivity contribution in [3.05, 3.63) is 0 Å². The minimum atomic E-state index is 0.177. The van der Waals surface area contributed by atoms with E-state index in [9.17, 15) is 4.79 Å². The molecule has 0 heterocycles. The Morgan fingerprint density at radius 1 is 1.38 bits per heavy atom. The Kier molecular flexibility index (Phi) is 5.71. The van der Waals surface area contributed by atoms with E-state index in [2.05, 4.69) is 18.7 Å². The fourth-order valence-corrected chi connectivity index (χ4v) is 1.56. The zero-order valence-corrected chi connectivity index (χ0v) is 9.50. The van der Waals surface area contributed by atoms with Gasteiger partial charge in [-0.15, -0.1) is 0 Å². The Balaban J connectivity index is 4.10. The minimum absolute atomic E-state index is 0.177. The largest absolute Gasteiger partial charge is 0.339 e. The van der Waals surface area contributed by atoms with Crippen LogP contribution in [-0.4, -0.2) is 48.9 Å². The highest BCUT2D eigenvalue weighted by Crippen LogP contribution is 2.02. The lowest BCUT2D eigenvalue weighted by Crippen LogP contribution is -2.43. The van der Waals surface area contributed by atoms with Gasteiger partial charge in [0, 0.05) is 26.1 Å². The highest BCUT2D eigenvalue weighted by Gasteiger charge is 2.15. The fraction of sp³-hybridized carbons (Fsp3) is 0.900. The Morgan fingerprint density at radius 3 is 2.23 bits per heavy atom. The summed E-state index contributed by atoms with van der Waals surface area (Å²) in [6.45, 7) is 7.63. The molecule has 0 spiro atoms. The van der Waals surface area contributed by atoms with E-state index in [0.717, 1.165) is 19.5 Å². The Hall–Kier alpha value is -0.570. The topological polar surface area (TPSA) is 23.6 Å². The molecule has 1 amide bonds. The van der Waals surface area contributed by atoms with E-state index < -0.39 is 0 Å². The molecule has 0 aliphatic rings. The van der Waals surface area contributed by atoms with Crippen molar-refractivity contribution < 1.29 is 4.79 Å². The minimum Gasteiger partial charge on any atom is -0.339 e. The third kappa shape index (κ3) is 4.88. The van der Waals surface area contributed by atoms with Gasteiger partial charge in [0.05, 0.1) is 0 Å². The Bertz CT molecular complexity index is 157. The Morgan fingerprint density at radius 2 is 1.92 bits per heavy atom. The first-order valence-corrected chi connectivity index (χ1v) is 4.91. The number of nitrogens with zero attached hydrogens (tertiary/aromatic N) is 2. The zero-order chi connectivity index (χ0) is 10.4. The van der Waals surface area contributed by atoms with Crippen molar-refractivity contribution in [3.8, 4) is 0 Å². The summed E-state index contributed by atoms with van der Waals surface area (Å²) in [6.07, 6.45) is 1.03. The van der Waals surface area contributed by atoms with Crippen molar-refractivity contribution in [2.45, 2.75) is 33.2 Å². The van der Waals surface area contributed by atoms with Gasteiger partial charge in [-0.25, -0.2) is 0 Å².